The molecule has 0 aliphatic heterocycles. The molecule has 0 amide bonds. The lowest BCUT2D eigenvalue weighted by Crippen LogP contribution is -2.10. The molecular formula is C14H17N3O2S. The predicted octanol–water partition coefficient (Wildman–Crippen LogP) is 3.09. The zero-order chi connectivity index (χ0) is 14.1. The van der Waals surface area contributed by atoms with Crippen molar-refractivity contribution in [1.82, 2.24) is 14.8 Å². The second-order valence-electron chi connectivity index (χ2n) is 5.19. The van der Waals surface area contributed by atoms with E-state index < -0.39 is 5.97 Å². The molecule has 2 aromatic heterocycles. The number of aryl methyl sites for hydroxylation is 1. The van der Waals surface area contributed by atoms with Crippen LogP contribution in [-0.2, 0) is 7.05 Å². The van der Waals surface area contributed by atoms with Gasteiger partial charge in [0.1, 0.15) is 0 Å². The first kappa shape index (κ1) is 13.4. The number of pyridine rings is 1. The molecule has 1 aliphatic carbocycles. The van der Waals surface area contributed by atoms with Crippen LogP contribution < -0.4 is 0 Å². The maximum atomic E-state index is 11.4. The molecule has 1 fully saturated rings. The number of nitrogens with zero attached hydrogens (tertiary/aromatic N) is 3. The maximum absolute atomic E-state index is 11.4. The Balaban J connectivity index is 2.04. The normalized spacial score (nSPS) is 16.6. The molecule has 106 valence electrons. The van der Waals surface area contributed by atoms with Crippen LogP contribution in [0, 0.1) is 0 Å². The third-order valence-electron chi connectivity index (χ3n) is 3.78. The molecule has 6 heteroatoms. The highest BCUT2D eigenvalue weighted by atomic mass is 32.2. The van der Waals surface area contributed by atoms with Gasteiger partial charge in [0.2, 0.25) is 0 Å². The standard InChI is InChI=1S/C14H17N3O2S/c1-17-13-10(8-16-17)12(11(7-15-13)14(18)19)20-9-5-3-2-4-6-9/h7-9H,2-6H2,1H3,(H,18,19). The summed E-state index contributed by atoms with van der Waals surface area (Å²) in [6, 6.07) is 0. The minimum absolute atomic E-state index is 0.293. The van der Waals surface area contributed by atoms with Gasteiger partial charge in [0.15, 0.2) is 5.65 Å². The Morgan fingerprint density at radius 2 is 2.10 bits per heavy atom. The lowest BCUT2D eigenvalue weighted by molar-refractivity contribution is 0.0693. The van der Waals surface area contributed by atoms with Gasteiger partial charge in [0.25, 0.3) is 0 Å². The zero-order valence-electron chi connectivity index (χ0n) is 11.4. The van der Waals surface area contributed by atoms with E-state index in [1.54, 1.807) is 22.6 Å². The Morgan fingerprint density at radius 1 is 1.35 bits per heavy atom. The van der Waals surface area contributed by atoms with Crippen molar-refractivity contribution in [3.05, 3.63) is 18.0 Å². The van der Waals surface area contributed by atoms with E-state index in [9.17, 15) is 9.90 Å². The van der Waals surface area contributed by atoms with Crippen LogP contribution in [-0.4, -0.2) is 31.1 Å². The minimum Gasteiger partial charge on any atom is -0.478 e. The SMILES string of the molecule is Cn1ncc2c(SC3CCCCC3)c(C(=O)O)cnc21. The molecule has 3 rings (SSSR count). The molecule has 0 spiro atoms. The number of carboxylic acids is 1. The summed E-state index contributed by atoms with van der Waals surface area (Å²) in [7, 11) is 1.82. The van der Waals surface area contributed by atoms with Gasteiger partial charge in [0, 0.05) is 23.4 Å². The number of hydrogen-bond acceptors (Lipinski definition) is 4. The smallest absolute Gasteiger partial charge is 0.338 e. The van der Waals surface area contributed by atoms with Gasteiger partial charge in [-0.25, -0.2) is 9.78 Å². The number of carboxylic acid groups (broad SMARTS) is 1. The van der Waals surface area contributed by atoms with Crippen molar-refractivity contribution < 1.29 is 9.90 Å². The zero-order valence-corrected chi connectivity index (χ0v) is 12.2. The van der Waals surface area contributed by atoms with Crippen molar-refractivity contribution in [2.45, 2.75) is 42.2 Å². The van der Waals surface area contributed by atoms with Gasteiger partial charge in [-0.15, -0.1) is 11.8 Å². The molecule has 0 bridgehead atoms. The van der Waals surface area contributed by atoms with Gasteiger partial charge < -0.3 is 5.11 Å². The summed E-state index contributed by atoms with van der Waals surface area (Å²) in [5, 5.41) is 14.9. The van der Waals surface area contributed by atoms with E-state index in [0.29, 0.717) is 10.8 Å². The molecular weight excluding hydrogens is 274 g/mol. The highest BCUT2D eigenvalue weighted by Gasteiger charge is 2.22. The van der Waals surface area contributed by atoms with Crippen molar-refractivity contribution in [2.75, 3.05) is 0 Å². The topological polar surface area (TPSA) is 68.0 Å². The molecule has 0 saturated heterocycles. The van der Waals surface area contributed by atoms with Crippen molar-refractivity contribution >= 4 is 28.8 Å². The summed E-state index contributed by atoms with van der Waals surface area (Å²) < 4.78 is 1.69. The molecule has 5 nitrogen and oxygen atoms in total. The Kier molecular flexibility index (Phi) is 3.65. The van der Waals surface area contributed by atoms with Crippen molar-refractivity contribution in [2.24, 2.45) is 7.05 Å². The minimum atomic E-state index is -0.915. The molecule has 0 atom stereocenters. The largest absolute Gasteiger partial charge is 0.478 e. The van der Waals surface area contributed by atoms with E-state index in [-0.39, 0.29) is 0 Å². The Morgan fingerprint density at radius 3 is 2.80 bits per heavy atom. The monoisotopic (exact) mass is 291 g/mol. The van der Waals surface area contributed by atoms with Crippen LogP contribution >= 0.6 is 11.8 Å². The van der Waals surface area contributed by atoms with E-state index in [1.165, 1.54) is 25.5 Å². The van der Waals surface area contributed by atoms with Crippen molar-refractivity contribution in [3.8, 4) is 0 Å². The molecule has 20 heavy (non-hydrogen) atoms. The van der Waals surface area contributed by atoms with Gasteiger partial charge in [-0.1, -0.05) is 19.3 Å². The molecule has 1 saturated carbocycles. The van der Waals surface area contributed by atoms with E-state index in [1.807, 2.05) is 7.05 Å². The van der Waals surface area contributed by atoms with Gasteiger partial charge in [-0.3, -0.25) is 4.68 Å². The number of carbonyl (C=O) groups is 1. The van der Waals surface area contributed by atoms with E-state index in [0.717, 1.165) is 28.8 Å². The van der Waals surface area contributed by atoms with Gasteiger partial charge in [-0.05, 0) is 12.8 Å². The van der Waals surface area contributed by atoms with Crippen LogP contribution in [0.15, 0.2) is 17.3 Å². The van der Waals surface area contributed by atoms with E-state index >= 15 is 0 Å². The van der Waals surface area contributed by atoms with E-state index in [4.69, 9.17) is 0 Å². The molecule has 1 N–H and O–H groups in total. The fourth-order valence-corrected chi connectivity index (χ4v) is 4.14. The van der Waals surface area contributed by atoms with Crippen molar-refractivity contribution in [3.63, 3.8) is 0 Å². The first-order chi connectivity index (χ1) is 9.66. The van der Waals surface area contributed by atoms with Crippen LogP contribution in [0.4, 0.5) is 0 Å². The fraction of sp³-hybridized carbons (Fsp3) is 0.500. The number of aromatic carboxylic acids is 1. The number of aromatic nitrogens is 3. The van der Waals surface area contributed by atoms with Crippen LogP contribution in [0.1, 0.15) is 42.5 Å². The average Bonchev–Trinajstić information content (AvgIpc) is 2.82. The Bertz CT molecular complexity index is 647. The quantitative estimate of drug-likeness (QED) is 0.941. The predicted molar refractivity (Wildman–Crippen MR) is 78.2 cm³/mol. The second kappa shape index (κ2) is 5.44. The highest BCUT2D eigenvalue weighted by Crippen LogP contribution is 2.38. The lowest BCUT2D eigenvalue weighted by atomic mass is 10.0. The average molecular weight is 291 g/mol. The number of thioether (sulfide) groups is 1. The molecule has 1 aliphatic rings. The van der Waals surface area contributed by atoms with Crippen LogP contribution in [0.25, 0.3) is 11.0 Å². The fourth-order valence-electron chi connectivity index (χ4n) is 2.70. The summed E-state index contributed by atoms with van der Waals surface area (Å²) in [6.07, 6.45) is 9.27. The summed E-state index contributed by atoms with van der Waals surface area (Å²) >= 11 is 1.69. The number of fused-ring (bicyclic) bond motifs is 1. The van der Waals surface area contributed by atoms with Crippen molar-refractivity contribution in [1.29, 1.82) is 0 Å². The molecule has 0 aromatic carbocycles. The first-order valence-electron chi connectivity index (χ1n) is 6.87. The highest BCUT2D eigenvalue weighted by molar-refractivity contribution is 8.00. The third kappa shape index (κ3) is 2.40. The van der Waals surface area contributed by atoms with Crippen LogP contribution in [0.5, 0.6) is 0 Å². The van der Waals surface area contributed by atoms with Crippen LogP contribution in [0.3, 0.4) is 0 Å². The third-order valence-corrected chi connectivity index (χ3v) is 5.26. The summed E-state index contributed by atoms with van der Waals surface area (Å²) in [4.78, 5) is 16.5. The molecule has 0 unspecified atom stereocenters. The summed E-state index contributed by atoms with van der Waals surface area (Å²) in [6.45, 7) is 0. The summed E-state index contributed by atoms with van der Waals surface area (Å²) in [5.74, 6) is -0.915. The maximum Gasteiger partial charge on any atom is 0.338 e. The molecule has 2 heterocycles. The number of hydrogen-bond donors (Lipinski definition) is 1. The van der Waals surface area contributed by atoms with Gasteiger partial charge >= 0.3 is 5.97 Å². The first-order valence-corrected chi connectivity index (χ1v) is 7.75. The molecule has 0 radical (unpaired) electrons. The Labute approximate surface area is 121 Å². The second-order valence-corrected chi connectivity index (χ2v) is 6.50. The van der Waals surface area contributed by atoms with Gasteiger partial charge in [0.05, 0.1) is 17.1 Å². The van der Waals surface area contributed by atoms with E-state index in [2.05, 4.69) is 10.1 Å². The Hall–Kier alpha value is -1.56. The lowest BCUT2D eigenvalue weighted by Gasteiger charge is -2.21. The van der Waals surface area contributed by atoms with Gasteiger partial charge in [-0.2, -0.15) is 5.10 Å². The molecule has 2 aromatic rings. The number of rotatable bonds is 3. The summed E-state index contributed by atoms with van der Waals surface area (Å²) in [5.41, 5.74) is 1.04. The van der Waals surface area contributed by atoms with Crippen LogP contribution in [0.2, 0.25) is 0 Å².